The summed E-state index contributed by atoms with van der Waals surface area (Å²) in [4.78, 5) is 0. The van der Waals surface area contributed by atoms with E-state index in [0.29, 0.717) is 0 Å². The van der Waals surface area contributed by atoms with Crippen LogP contribution in [-0.4, -0.2) is 0 Å². The van der Waals surface area contributed by atoms with E-state index in [2.05, 4.69) is 18.2 Å². The van der Waals surface area contributed by atoms with E-state index in [-0.39, 0.29) is 5.38 Å². The molecule has 0 saturated carbocycles. The lowest BCUT2D eigenvalue weighted by molar-refractivity contribution is 0.832. The van der Waals surface area contributed by atoms with Gasteiger partial charge in [-0.3, -0.25) is 0 Å². The van der Waals surface area contributed by atoms with Gasteiger partial charge in [0.1, 0.15) is 0 Å². The monoisotopic (exact) mass is 166 g/mol. The van der Waals surface area contributed by atoms with Crippen molar-refractivity contribution in [3.8, 4) is 0 Å². The van der Waals surface area contributed by atoms with Crippen molar-refractivity contribution in [2.24, 2.45) is 0 Å². The van der Waals surface area contributed by atoms with Crippen molar-refractivity contribution < 1.29 is 0 Å². The topological polar surface area (TPSA) is 0 Å². The number of hydrogen-bond acceptors (Lipinski definition) is 0. The van der Waals surface area contributed by atoms with Crippen molar-refractivity contribution in [1.29, 1.82) is 0 Å². The minimum Gasteiger partial charge on any atom is -0.118 e. The van der Waals surface area contributed by atoms with Gasteiger partial charge in [-0.05, 0) is 36.5 Å². The molecule has 1 aromatic carbocycles. The molecule has 58 valence electrons. The summed E-state index contributed by atoms with van der Waals surface area (Å²) in [7, 11) is 0. The number of fused-ring (bicyclic) bond motifs is 1. The number of rotatable bonds is 1. The maximum Gasteiger partial charge on any atom is 0.0557 e. The van der Waals surface area contributed by atoms with E-state index in [1.54, 1.807) is 0 Å². The third-order valence-corrected chi connectivity index (χ3v) is 2.61. The summed E-state index contributed by atoms with van der Waals surface area (Å²) in [5.74, 6) is 0. The molecule has 1 aliphatic rings. The predicted molar refractivity (Wildman–Crippen MR) is 48.1 cm³/mol. The Hall–Kier alpha value is -0.490. The molecule has 11 heavy (non-hydrogen) atoms. The van der Waals surface area contributed by atoms with Crippen molar-refractivity contribution in [2.75, 3.05) is 0 Å². The average Bonchev–Trinajstić information content (AvgIpc) is 1.91. The van der Waals surface area contributed by atoms with Gasteiger partial charge in [0.2, 0.25) is 0 Å². The summed E-state index contributed by atoms with van der Waals surface area (Å²) in [6, 6.07) is 6.57. The maximum atomic E-state index is 5.95. The fourth-order valence-corrected chi connectivity index (χ4v) is 1.60. The number of benzene rings is 1. The Labute approximate surface area is 72.2 Å². The zero-order chi connectivity index (χ0) is 7.84. The van der Waals surface area contributed by atoms with Gasteiger partial charge >= 0.3 is 0 Å². The Balaban J connectivity index is 2.38. The highest BCUT2D eigenvalue weighted by molar-refractivity contribution is 6.20. The Bertz CT molecular complexity index is 276. The molecular formula is C10H11Cl. The zero-order valence-corrected chi connectivity index (χ0v) is 7.36. The van der Waals surface area contributed by atoms with Crippen LogP contribution in [0.2, 0.25) is 0 Å². The van der Waals surface area contributed by atoms with Crippen LogP contribution in [0.15, 0.2) is 18.2 Å². The lowest BCUT2D eigenvalue weighted by Gasteiger charge is -2.19. The van der Waals surface area contributed by atoms with Gasteiger partial charge < -0.3 is 0 Å². The highest BCUT2D eigenvalue weighted by Crippen LogP contribution is 2.28. The first kappa shape index (κ1) is 7.17. The molecule has 0 amide bonds. The molecule has 0 N–H and O–H groups in total. The molecule has 2 rings (SSSR count). The van der Waals surface area contributed by atoms with Crippen molar-refractivity contribution in [3.05, 3.63) is 34.9 Å². The highest BCUT2D eigenvalue weighted by atomic mass is 35.5. The summed E-state index contributed by atoms with van der Waals surface area (Å²) in [6.07, 6.45) is 2.50. The minimum absolute atomic E-state index is 0.154. The quantitative estimate of drug-likeness (QED) is 0.563. The molecule has 1 heteroatoms. The molecule has 0 radical (unpaired) electrons. The number of alkyl halides is 1. The van der Waals surface area contributed by atoms with Crippen molar-refractivity contribution in [2.45, 2.75) is 25.1 Å². The Morgan fingerprint density at radius 2 is 2.00 bits per heavy atom. The van der Waals surface area contributed by atoms with E-state index in [1.807, 2.05) is 6.92 Å². The van der Waals surface area contributed by atoms with Gasteiger partial charge in [-0.2, -0.15) is 0 Å². The van der Waals surface area contributed by atoms with Crippen LogP contribution >= 0.6 is 11.6 Å². The van der Waals surface area contributed by atoms with Gasteiger partial charge in [-0.15, -0.1) is 11.6 Å². The van der Waals surface area contributed by atoms with E-state index < -0.39 is 0 Å². The van der Waals surface area contributed by atoms with Crippen molar-refractivity contribution >= 4 is 11.6 Å². The van der Waals surface area contributed by atoms with Gasteiger partial charge in [0.05, 0.1) is 5.38 Å². The zero-order valence-electron chi connectivity index (χ0n) is 6.60. The maximum absolute atomic E-state index is 5.95. The second-order valence-corrected chi connectivity index (χ2v) is 3.80. The molecule has 1 unspecified atom stereocenters. The van der Waals surface area contributed by atoms with Crippen LogP contribution in [0.4, 0.5) is 0 Å². The molecule has 0 spiro atoms. The first-order chi connectivity index (χ1) is 5.27. The molecular weight excluding hydrogens is 156 g/mol. The van der Waals surface area contributed by atoms with Crippen LogP contribution in [0.3, 0.4) is 0 Å². The van der Waals surface area contributed by atoms with E-state index >= 15 is 0 Å². The lowest BCUT2D eigenvalue weighted by atomic mass is 9.87. The second kappa shape index (κ2) is 2.53. The lowest BCUT2D eigenvalue weighted by Crippen LogP contribution is -2.08. The van der Waals surface area contributed by atoms with Gasteiger partial charge in [-0.25, -0.2) is 0 Å². The van der Waals surface area contributed by atoms with E-state index in [1.165, 1.54) is 29.5 Å². The summed E-state index contributed by atoms with van der Waals surface area (Å²) >= 11 is 5.95. The standard InChI is InChI=1S/C10H11Cl/c1-7(11)9-4-2-8-3-5-10(8)6-9/h2,4,6-7H,3,5H2,1H3. The van der Waals surface area contributed by atoms with Crippen LogP contribution < -0.4 is 0 Å². The normalized spacial score (nSPS) is 16.9. The van der Waals surface area contributed by atoms with E-state index in [0.717, 1.165) is 0 Å². The Morgan fingerprint density at radius 1 is 1.27 bits per heavy atom. The molecule has 0 nitrogen and oxygen atoms in total. The van der Waals surface area contributed by atoms with Gasteiger partial charge in [0, 0.05) is 0 Å². The SMILES string of the molecule is CC(Cl)c1ccc2c(c1)CC2. The number of aryl methyl sites for hydroxylation is 2. The van der Waals surface area contributed by atoms with Crippen molar-refractivity contribution in [1.82, 2.24) is 0 Å². The molecule has 1 aliphatic carbocycles. The Kier molecular flexibility index (Phi) is 1.65. The Morgan fingerprint density at radius 3 is 2.45 bits per heavy atom. The first-order valence-electron chi connectivity index (χ1n) is 4.03. The molecule has 1 aromatic rings. The van der Waals surface area contributed by atoms with Crippen LogP contribution in [0, 0.1) is 0 Å². The third-order valence-electron chi connectivity index (χ3n) is 2.35. The summed E-state index contributed by atoms with van der Waals surface area (Å²) < 4.78 is 0. The largest absolute Gasteiger partial charge is 0.118 e. The highest BCUT2D eigenvalue weighted by Gasteiger charge is 2.13. The average molecular weight is 167 g/mol. The summed E-state index contributed by atoms with van der Waals surface area (Å²) in [6.45, 7) is 2.02. The molecule has 0 fully saturated rings. The smallest absolute Gasteiger partial charge is 0.0557 e. The fraction of sp³-hybridized carbons (Fsp3) is 0.400. The fourth-order valence-electron chi connectivity index (χ4n) is 1.46. The molecule has 0 saturated heterocycles. The number of halogens is 1. The van der Waals surface area contributed by atoms with Crippen LogP contribution in [-0.2, 0) is 12.8 Å². The van der Waals surface area contributed by atoms with Gasteiger partial charge in [0.15, 0.2) is 0 Å². The predicted octanol–water partition coefficient (Wildman–Crippen LogP) is 3.09. The van der Waals surface area contributed by atoms with Crippen LogP contribution in [0.5, 0.6) is 0 Å². The molecule has 1 atom stereocenters. The van der Waals surface area contributed by atoms with Gasteiger partial charge in [0.25, 0.3) is 0 Å². The summed E-state index contributed by atoms with van der Waals surface area (Å²) in [5.41, 5.74) is 4.26. The molecule has 0 aromatic heterocycles. The molecule has 0 aliphatic heterocycles. The number of hydrogen-bond donors (Lipinski definition) is 0. The van der Waals surface area contributed by atoms with Crippen molar-refractivity contribution in [3.63, 3.8) is 0 Å². The van der Waals surface area contributed by atoms with E-state index in [9.17, 15) is 0 Å². The second-order valence-electron chi connectivity index (χ2n) is 3.14. The van der Waals surface area contributed by atoms with E-state index in [4.69, 9.17) is 11.6 Å². The minimum atomic E-state index is 0.154. The van der Waals surface area contributed by atoms with Crippen LogP contribution in [0.25, 0.3) is 0 Å². The third kappa shape index (κ3) is 1.16. The first-order valence-corrected chi connectivity index (χ1v) is 4.47. The molecule has 0 bridgehead atoms. The van der Waals surface area contributed by atoms with Crippen LogP contribution in [0.1, 0.15) is 29.0 Å². The molecule has 0 heterocycles. The van der Waals surface area contributed by atoms with Gasteiger partial charge in [-0.1, -0.05) is 18.2 Å². The summed E-state index contributed by atoms with van der Waals surface area (Å²) in [5, 5.41) is 0.154.